The predicted octanol–water partition coefficient (Wildman–Crippen LogP) is 3.20. The van der Waals surface area contributed by atoms with Gasteiger partial charge in [0.25, 0.3) is 5.56 Å². The fraction of sp³-hybridized carbons (Fsp3) is 0.286. The van der Waals surface area contributed by atoms with Gasteiger partial charge in [-0.1, -0.05) is 30.3 Å². The molecule has 0 aliphatic carbocycles. The van der Waals surface area contributed by atoms with Gasteiger partial charge < -0.3 is 4.98 Å². The van der Waals surface area contributed by atoms with E-state index in [2.05, 4.69) is 9.71 Å². The molecule has 27 heavy (non-hydrogen) atoms. The molecule has 0 aliphatic rings. The number of hydrogen-bond acceptors (Lipinski definition) is 3. The van der Waals surface area contributed by atoms with Crippen LogP contribution in [0, 0.1) is 13.8 Å². The minimum atomic E-state index is -3.44. The maximum absolute atomic E-state index is 12.3. The van der Waals surface area contributed by atoms with E-state index in [0.29, 0.717) is 18.4 Å². The first kappa shape index (κ1) is 19.3. The van der Waals surface area contributed by atoms with Gasteiger partial charge in [-0.25, -0.2) is 13.1 Å². The molecule has 1 heterocycles. The highest BCUT2D eigenvalue weighted by Crippen LogP contribution is 2.17. The molecule has 142 valence electrons. The van der Waals surface area contributed by atoms with E-state index in [0.717, 1.165) is 27.6 Å². The van der Waals surface area contributed by atoms with Gasteiger partial charge in [0.1, 0.15) is 0 Å². The Morgan fingerprint density at radius 1 is 1.00 bits per heavy atom. The molecule has 0 spiro atoms. The highest BCUT2D eigenvalue weighted by atomic mass is 32.2. The maximum atomic E-state index is 12.3. The van der Waals surface area contributed by atoms with Crippen molar-refractivity contribution in [1.82, 2.24) is 9.71 Å². The molecule has 2 aromatic carbocycles. The van der Waals surface area contributed by atoms with Crippen LogP contribution in [-0.2, 0) is 23.0 Å². The second kappa shape index (κ2) is 8.06. The van der Waals surface area contributed by atoms with Gasteiger partial charge in [0.15, 0.2) is 0 Å². The van der Waals surface area contributed by atoms with Crippen LogP contribution in [0.4, 0.5) is 0 Å². The van der Waals surface area contributed by atoms with Gasteiger partial charge in [-0.05, 0) is 67.0 Å². The van der Waals surface area contributed by atoms with Crippen LogP contribution >= 0.6 is 0 Å². The first-order valence-electron chi connectivity index (χ1n) is 8.98. The molecule has 2 N–H and O–H groups in total. The smallest absolute Gasteiger partial charge is 0.252 e. The summed E-state index contributed by atoms with van der Waals surface area (Å²) < 4.78 is 27.0. The Labute approximate surface area is 159 Å². The Morgan fingerprint density at radius 2 is 1.70 bits per heavy atom. The molecular formula is C21H24N2O3S. The summed E-state index contributed by atoms with van der Waals surface area (Å²) in [5, 5.41) is 0.899. The van der Waals surface area contributed by atoms with E-state index in [4.69, 9.17) is 0 Å². The lowest BCUT2D eigenvalue weighted by Crippen LogP contribution is -2.29. The number of rotatable bonds is 7. The van der Waals surface area contributed by atoms with Crippen LogP contribution in [0.25, 0.3) is 10.9 Å². The number of aromatic amines is 1. The third kappa shape index (κ3) is 5.05. The molecule has 5 nitrogen and oxygen atoms in total. The standard InChI is InChI=1S/C21H24N2O3S/c1-15-11-18-13-19(21(24)23-20(18)12-16(15)2)14-22-27(25,26)10-6-9-17-7-4-3-5-8-17/h3-5,7-8,11-13,22H,6,9-10,14H2,1-2H3,(H,23,24). The normalized spacial score (nSPS) is 11.8. The largest absolute Gasteiger partial charge is 0.322 e. The Kier molecular flexibility index (Phi) is 5.77. The second-order valence-corrected chi connectivity index (χ2v) is 8.80. The van der Waals surface area contributed by atoms with Crippen molar-refractivity contribution < 1.29 is 8.42 Å². The van der Waals surface area contributed by atoms with Crippen LogP contribution in [-0.4, -0.2) is 19.2 Å². The van der Waals surface area contributed by atoms with E-state index in [1.807, 2.05) is 56.3 Å². The Hall–Kier alpha value is -2.44. The number of aryl methyl sites for hydroxylation is 3. The summed E-state index contributed by atoms with van der Waals surface area (Å²) >= 11 is 0. The SMILES string of the molecule is Cc1cc2cc(CNS(=O)(=O)CCCc3ccccc3)c(=O)[nH]c2cc1C. The summed E-state index contributed by atoms with van der Waals surface area (Å²) in [5.74, 6) is 0.0334. The van der Waals surface area contributed by atoms with Crippen molar-refractivity contribution in [3.63, 3.8) is 0 Å². The second-order valence-electron chi connectivity index (χ2n) is 6.88. The highest BCUT2D eigenvalue weighted by molar-refractivity contribution is 7.89. The van der Waals surface area contributed by atoms with E-state index >= 15 is 0 Å². The van der Waals surface area contributed by atoms with E-state index in [9.17, 15) is 13.2 Å². The zero-order valence-corrected chi connectivity index (χ0v) is 16.4. The number of fused-ring (bicyclic) bond motifs is 1. The minimum absolute atomic E-state index is 0.00807. The fourth-order valence-electron chi connectivity index (χ4n) is 3.02. The molecule has 0 radical (unpaired) electrons. The molecule has 1 aromatic heterocycles. The molecule has 0 saturated carbocycles. The van der Waals surface area contributed by atoms with Crippen molar-refractivity contribution in [2.75, 3.05) is 5.75 Å². The fourth-order valence-corrected chi connectivity index (χ4v) is 4.07. The van der Waals surface area contributed by atoms with Crippen molar-refractivity contribution in [3.8, 4) is 0 Å². The van der Waals surface area contributed by atoms with E-state index < -0.39 is 10.0 Å². The van der Waals surface area contributed by atoms with Gasteiger partial charge in [-0.3, -0.25) is 4.79 Å². The number of H-pyrrole nitrogens is 1. The summed E-state index contributed by atoms with van der Waals surface area (Å²) in [7, 11) is -3.44. The van der Waals surface area contributed by atoms with E-state index in [-0.39, 0.29) is 17.9 Å². The van der Waals surface area contributed by atoms with Gasteiger partial charge in [0.2, 0.25) is 10.0 Å². The molecule has 3 rings (SSSR count). The van der Waals surface area contributed by atoms with Crippen LogP contribution in [0.3, 0.4) is 0 Å². The molecule has 0 unspecified atom stereocenters. The summed E-state index contributed by atoms with van der Waals surface area (Å²) in [6.07, 6.45) is 1.24. The molecule has 0 atom stereocenters. The number of benzene rings is 2. The molecule has 0 amide bonds. The van der Waals surface area contributed by atoms with E-state index in [1.165, 1.54) is 0 Å². The minimum Gasteiger partial charge on any atom is -0.322 e. The lowest BCUT2D eigenvalue weighted by Gasteiger charge is -2.09. The van der Waals surface area contributed by atoms with Crippen molar-refractivity contribution in [1.29, 1.82) is 0 Å². The van der Waals surface area contributed by atoms with Gasteiger partial charge in [0, 0.05) is 17.6 Å². The molecule has 0 bridgehead atoms. The van der Waals surface area contributed by atoms with Crippen molar-refractivity contribution >= 4 is 20.9 Å². The number of pyridine rings is 1. The Balaban J connectivity index is 1.65. The zero-order valence-electron chi connectivity index (χ0n) is 15.6. The first-order valence-corrected chi connectivity index (χ1v) is 10.6. The van der Waals surface area contributed by atoms with Gasteiger partial charge in [-0.15, -0.1) is 0 Å². The average molecular weight is 385 g/mol. The number of aromatic nitrogens is 1. The molecule has 3 aromatic rings. The van der Waals surface area contributed by atoms with Crippen LogP contribution in [0.1, 0.15) is 28.7 Å². The van der Waals surface area contributed by atoms with Crippen LogP contribution in [0.2, 0.25) is 0 Å². The number of hydrogen-bond donors (Lipinski definition) is 2. The lowest BCUT2D eigenvalue weighted by molar-refractivity contribution is 0.578. The third-order valence-electron chi connectivity index (χ3n) is 4.74. The number of sulfonamides is 1. The van der Waals surface area contributed by atoms with Gasteiger partial charge in [-0.2, -0.15) is 0 Å². The number of nitrogens with one attached hydrogen (secondary N) is 2. The van der Waals surface area contributed by atoms with Crippen LogP contribution in [0.5, 0.6) is 0 Å². The molecule has 6 heteroatoms. The molecule has 0 saturated heterocycles. The Morgan fingerprint density at radius 3 is 2.44 bits per heavy atom. The maximum Gasteiger partial charge on any atom is 0.252 e. The molecular weight excluding hydrogens is 360 g/mol. The van der Waals surface area contributed by atoms with Crippen LogP contribution < -0.4 is 10.3 Å². The van der Waals surface area contributed by atoms with E-state index in [1.54, 1.807) is 6.07 Å². The molecule has 0 aliphatic heterocycles. The predicted molar refractivity (Wildman–Crippen MR) is 109 cm³/mol. The summed E-state index contributed by atoms with van der Waals surface area (Å²) in [6.45, 7) is 3.99. The van der Waals surface area contributed by atoms with Crippen LogP contribution in [0.15, 0.2) is 53.3 Å². The topological polar surface area (TPSA) is 79.0 Å². The average Bonchev–Trinajstić information content (AvgIpc) is 2.62. The van der Waals surface area contributed by atoms with Crippen molar-refractivity contribution in [2.45, 2.75) is 33.2 Å². The summed E-state index contributed by atoms with van der Waals surface area (Å²) in [6, 6.07) is 15.5. The summed E-state index contributed by atoms with van der Waals surface area (Å²) in [5.41, 5.74) is 4.25. The highest BCUT2D eigenvalue weighted by Gasteiger charge is 2.12. The van der Waals surface area contributed by atoms with Crippen molar-refractivity contribution in [3.05, 3.63) is 81.1 Å². The summed E-state index contributed by atoms with van der Waals surface area (Å²) in [4.78, 5) is 15.1. The molecule has 0 fully saturated rings. The zero-order chi connectivity index (χ0) is 19.4. The quantitative estimate of drug-likeness (QED) is 0.657. The third-order valence-corrected chi connectivity index (χ3v) is 6.15. The monoisotopic (exact) mass is 384 g/mol. The van der Waals surface area contributed by atoms with Gasteiger partial charge >= 0.3 is 0 Å². The van der Waals surface area contributed by atoms with Gasteiger partial charge in [0.05, 0.1) is 5.75 Å². The van der Waals surface area contributed by atoms with Crippen molar-refractivity contribution in [2.24, 2.45) is 0 Å². The first-order chi connectivity index (χ1) is 12.8. The lowest BCUT2D eigenvalue weighted by atomic mass is 10.1. The Bertz CT molecular complexity index is 1100.